The van der Waals surface area contributed by atoms with Gasteiger partial charge in [0.15, 0.2) is 9.84 Å². The minimum absolute atomic E-state index is 0.0164. The molecule has 1 saturated carbocycles. The fourth-order valence-electron chi connectivity index (χ4n) is 3.73. The quantitative estimate of drug-likeness (QED) is 0.754. The van der Waals surface area contributed by atoms with Gasteiger partial charge in [-0.3, -0.25) is 4.79 Å². The summed E-state index contributed by atoms with van der Waals surface area (Å²) in [6, 6.07) is 10.9. The molecule has 0 bridgehead atoms. The van der Waals surface area contributed by atoms with E-state index in [1.807, 2.05) is 0 Å². The molecule has 27 heavy (non-hydrogen) atoms. The summed E-state index contributed by atoms with van der Waals surface area (Å²) >= 11 is 1.77. The van der Waals surface area contributed by atoms with Gasteiger partial charge in [-0.25, -0.2) is 8.42 Å². The van der Waals surface area contributed by atoms with Crippen LogP contribution in [0.5, 0.6) is 0 Å². The first-order chi connectivity index (χ1) is 12.8. The van der Waals surface area contributed by atoms with Gasteiger partial charge in [-0.2, -0.15) is 0 Å². The Labute approximate surface area is 165 Å². The highest BCUT2D eigenvalue weighted by Crippen LogP contribution is 2.42. The molecule has 146 valence electrons. The third-order valence-electron chi connectivity index (χ3n) is 5.47. The van der Waals surface area contributed by atoms with E-state index in [0.717, 1.165) is 18.4 Å². The molecule has 0 aliphatic heterocycles. The first kappa shape index (κ1) is 20.1. The van der Waals surface area contributed by atoms with Crippen LogP contribution < -0.4 is 5.32 Å². The van der Waals surface area contributed by atoms with E-state index in [4.69, 9.17) is 0 Å². The number of thiophene rings is 1. The lowest BCUT2D eigenvalue weighted by Gasteiger charge is -2.28. The topological polar surface area (TPSA) is 63.2 Å². The van der Waals surface area contributed by atoms with Crippen LogP contribution in [-0.2, 0) is 26.5 Å². The molecule has 1 amide bonds. The summed E-state index contributed by atoms with van der Waals surface area (Å²) in [5.41, 5.74) is 0.908. The third kappa shape index (κ3) is 4.43. The van der Waals surface area contributed by atoms with Crippen molar-refractivity contribution < 1.29 is 13.2 Å². The normalized spacial score (nSPS) is 16.6. The number of nitrogens with one attached hydrogen (secondary N) is 1. The molecule has 1 fully saturated rings. The number of carbonyl (C=O) groups is 1. The van der Waals surface area contributed by atoms with Gasteiger partial charge in [-0.15, -0.1) is 11.3 Å². The first-order valence-electron chi connectivity index (χ1n) is 9.47. The lowest BCUT2D eigenvalue weighted by molar-refractivity contribution is -0.120. The van der Waals surface area contributed by atoms with Gasteiger partial charge in [0, 0.05) is 16.8 Å². The molecular weight excluding hydrogens is 378 g/mol. The number of sulfone groups is 1. The highest BCUT2D eigenvalue weighted by atomic mass is 32.2. The van der Waals surface area contributed by atoms with Crippen molar-refractivity contribution in [3.05, 3.63) is 52.2 Å². The molecule has 0 radical (unpaired) electrons. The van der Waals surface area contributed by atoms with Gasteiger partial charge in [-0.1, -0.05) is 31.0 Å². The van der Waals surface area contributed by atoms with Crippen molar-refractivity contribution in [3.8, 4) is 0 Å². The van der Waals surface area contributed by atoms with Crippen LogP contribution in [0.3, 0.4) is 0 Å². The predicted molar refractivity (Wildman–Crippen MR) is 110 cm³/mol. The SMILES string of the molecule is CC(C)S(=O)(=O)c1ccc(CC(=O)NCC2(c3cccs3)CCCC2)cc1. The van der Waals surface area contributed by atoms with E-state index in [-0.39, 0.29) is 17.7 Å². The zero-order valence-corrected chi connectivity index (χ0v) is 17.5. The summed E-state index contributed by atoms with van der Waals surface area (Å²) in [5.74, 6) is -0.0164. The fourth-order valence-corrected chi connectivity index (χ4v) is 5.77. The van der Waals surface area contributed by atoms with E-state index in [9.17, 15) is 13.2 Å². The monoisotopic (exact) mass is 405 g/mol. The van der Waals surface area contributed by atoms with Crippen molar-refractivity contribution in [2.45, 2.75) is 61.5 Å². The fraction of sp³-hybridized carbons (Fsp3) is 0.476. The highest BCUT2D eigenvalue weighted by Gasteiger charge is 2.36. The van der Waals surface area contributed by atoms with Crippen LogP contribution >= 0.6 is 11.3 Å². The summed E-state index contributed by atoms with van der Waals surface area (Å²) < 4.78 is 24.4. The van der Waals surface area contributed by atoms with Crippen LogP contribution in [0.15, 0.2) is 46.7 Å². The second kappa shape index (κ2) is 8.15. The van der Waals surface area contributed by atoms with Crippen LogP contribution in [0.1, 0.15) is 50.0 Å². The number of carbonyl (C=O) groups excluding carboxylic acids is 1. The second-order valence-corrected chi connectivity index (χ2v) is 11.1. The second-order valence-electron chi connectivity index (χ2n) is 7.66. The molecule has 1 aliphatic rings. The van der Waals surface area contributed by atoms with Crippen molar-refractivity contribution in [1.29, 1.82) is 0 Å². The van der Waals surface area contributed by atoms with E-state index in [0.29, 0.717) is 11.4 Å². The molecule has 2 aromatic rings. The van der Waals surface area contributed by atoms with Crippen molar-refractivity contribution >= 4 is 27.1 Å². The third-order valence-corrected chi connectivity index (χ3v) is 8.75. The van der Waals surface area contributed by atoms with E-state index in [2.05, 4.69) is 22.8 Å². The molecule has 1 heterocycles. The highest BCUT2D eigenvalue weighted by molar-refractivity contribution is 7.92. The summed E-state index contributed by atoms with van der Waals surface area (Å²) in [6.45, 7) is 4.01. The zero-order chi connectivity index (χ0) is 19.5. The van der Waals surface area contributed by atoms with Gasteiger partial charge in [0.25, 0.3) is 0 Å². The minimum Gasteiger partial charge on any atom is -0.355 e. The Kier molecular flexibility index (Phi) is 6.06. The molecule has 4 nitrogen and oxygen atoms in total. The molecule has 1 aliphatic carbocycles. The standard InChI is InChI=1S/C21H27NO3S2/c1-16(2)27(24,25)18-9-7-17(8-10-18)14-20(23)22-15-21(11-3-4-12-21)19-6-5-13-26-19/h5-10,13,16H,3-4,11-12,14-15H2,1-2H3,(H,22,23). The smallest absolute Gasteiger partial charge is 0.224 e. The van der Waals surface area contributed by atoms with E-state index in [1.54, 1.807) is 49.4 Å². The predicted octanol–water partition coefficient (Wildman–Crippen LogP) is 4.10. The van der Waals surface area contributed by atoms with Crippen molar-refractivity contribution in [1.82, 2.24) is 5.32 Å². The molecule has 3 rings (SSSR count). The number of benzene rings is 1. The van der Waals surface area contributed by atoms with Gasteiger partial charge in [-0.05, 0) is 55.8 Å². The van der Waals surface area contributed by atoms with Gasteiger partial charge in [0.05, 0.1) is 16.6 Å². The molecule has 0 atom stereocenters. The Morgan fingerprint density at radius 1 is 1.15 bits per heavy atom. The van der Waals surface area contributed by atoms with Crippen molar-refractivity contribution in [2.75, 3.05) is 6.54 Å². The molecule has 0 unspecified atom stereocenters. The molecule has 1 aromatic carbocycles. The van der Waals surface area contributed by atoms with Crippen LogP contribution in [0.25, 0.3) is 0 Å². The molecule has 0 saturated heterocycles. The van der Waals surface area contributed by atoms with Gasteiger partial charge >= 0.3 is 0 Å². The van der Waals surface area contributed by atoms with Gasteiger partial charge in [0.1, 0.15) is 0 Å². The molecule has 0 spiro atoms. The summed E-state index contributed by atoms with van der Waals surface area (Å²) in [5, 5.41) is 4.76. The average molecular weight is 406 g/mol. The average Bonchev–Trinajstić information content (AvgIpc) is 3.33. The van der Waals surface area contributed by atoms with Gasteiger partial charge in [0.2, 0.25) is 5.91 Å². The van der Waals surface area contributed by atoms with E-state index in [1.165, 1.54) is 17.7 Å². The zero-order valence-electron chi connectivity index (χ0n) is 15.9. The van der Waals surface area contributed by atoms with Gasteiger partial charge < -0.3 is 5.32 Å². The first-order valence-corrected chi connectivity index (χ1v) is 11.9. The Bertz CT molecular complexity index is 863. The Hall–Kier alpha value is -1.66. The Morgan fingerprint density at radius 3 is 2.37 bits per heavy atom. The number of rotatable bonds is 7. The van der Waals surface area contributed by atoms with Crippen LogP contribution in [0.4, 0.5) is 0 Å². The van der Waals surface area contributed by atoms with Crippen LogP contribution in [0, 0.1) is 0 Å². The summed E-state index contributed by atoms with van der Waals surface area (Å²) in [7, 11) is -3.28. The molecule has 6 heteroatoms. The lowest BCUT2D eigenvalue weighted by atomic mass is 9.84. The molecule has 1 aromatic heterocycles. The number of amides is 1. The summed E-state index contributed by atoms with van der Waals surface area (Å²) in [6.07, 6.45) is 4.92. The maximum atomic E-state index is 12.4. The maximum Gasteiger partial charge on any atom is 0.224 e. The molecular formula is C21H27NO3S2. The van der Waals surface area contributed by atoms with E-state index >= 15 is 0 Å². The number of hydrogen-bond acceptors (Lipinski definition) is 4. The Balaban J connectivity index is 1.61. The van der Waals surface area contributed by atoms with E-state index < -0.39 is 15.1 Å². The lowest BCUT2D eigenvalue weighted by Crippen LogP contribution is -2.39. The van der Waals surface area contributed by atoms with Crippen LogP contribution in [-0.4, -0.2) is 26.1 Å². The van der Waals surface area contributed by atoms with Crippen LogP contribution in [0.2, 0.25) is 0 Å². The minimum atomic E-state index is -3.28. The number of hydrogen-bond donors (Lipinski definition) is 1. The maximum absolute atomic E-state index is 12.4. The van der Waals surface area contributed by atoms with Crippen molar-refractivity contribution in [2.24, 2.45) is 0 Å². The van der Waals surface area contributed by atoms with Crippen molar-refractivity contribution in [3.63, 3.8) is 0 Å². The Morgan fingerprint density at radius 2 is 1.81 bits per heavy atom. The summed E-state index contributed by atoms with van der Waals surface area (Å²) in [4.78, 5) is 14.1. The largest absolute Gasteiger partial charge is 0.355 e. The molecule has 1 N–H and O–H groups in total.